The van der Waals surface area contributed by atoms with Crippen molar-refractivity contribution in [3.05, 3.63) is 76.9 Å². The summed E-state index contributed by atoms with van der Waals surface area (Å²) in [6, 6.07) is 17.0. The Hall–Kier alpha value is -2.56. The lowest BCUT2D eigenvalue weighted by molar-refractivity contribution is 0.464. The molecule has 1 aliphatic rings. The number of benzene rings is 2. The largest absolute Gasteiger partial charge is 0.299 e. The van der Waals surface area contributed by atoms with Gasteiger partial charge in [-0.2, -0.15) is 0 Å². The summed E-state index contributed by atoms with van der Waals surface area (Å²) in [6.45, 7) is 0.769. The zero-order valence-electron chi connectivity index (χ0n) is 13.0. The fourth-order valence-corrected chi connectivity index (χ4v) is 2.58. The van der Waals surface area contributed by atoms with Gasteiger partial charge in [-0.25, -0.2) is 0 Å². The second-order valence-electron chi connectivity index (χ2n) is 5.62. The van der Waals surface area contributed by atoms with Gasteiger partial charge < -0.3 is 0 Å². The molecular weight excluding hydrogens is 266 g/mol. The topological polar surface area (TPSA) is 3.24 Å². The highest BCUT2D eigenvalue weighted by Crippen LogP contribution is 2.33. The van der Waals surface area contributed by atoms with Gasteiger partial charge in [-0.1, -0.05) is 72.5 Å². The normalized spacial score (nSPS) is 12.0. The summed E-state index contributed by atoms with van der Waals surface area (Å²) in [5.41, 5.74) is 6.15. The molecule has 0 atom stereocenters. The standard InChI is InChI=1S/C21H19N/c1-22(2)16-8-7-13-21-19-11-5-3-9-17(19)14-15-18-10-4-6-12-20(18)21/h3-6,9-15H,16H2,1-2H3. The van der Waals surface area contributed by atoms with Crippen molar-refractivity contribution < 1.29 is 0 Å². The highest BCUT2D eigenvalue weighted by atomic mass is 15.0. The highest BCUT2D eigenvalue weighted by molar-refractivity contribution is 5.94. The van der Waals surface area contributed by atoms with Crippen LogP contribution in [0.3, 0.4) is 0 Å². The van der Waals surface area contributed by atoms with Crippen LogP contribution >= 0.6 is 0 Å². The van der Waals surface area contributed by atoms with E-state index in [1.807, 2.05) is 20.2 Å². The summed E-state index contributed by atoms with van der Waals surface area (Å²) in [5, 5.41) is 0. The van der Waals surface area contributed by atoms with Crippen LogP contribution in [-0.4, -0.2) is 25.5 Å². The zero-order valence-corrected chi connectivity index (χ0v) is 13.0. The zero-order chi connectivity index (χ0) is 15.4. The summed E-state index contributed by atoms with van der Waals surface area (Å²) >= 11 is 0. The Balaban J connectivity index is 2.12. The van der Waals surface area contributed by atoms with Crippen LogP contribution in [0.5, 0.6) is 0 Å². The fraction of sp³-hybridized carbons (Fsp3) is 0.143. The Bertz CT molecular complexity index is 746. The van der Waals surface area contributed by atoms with Crippen molar-refractivity contribution in [3.63, 3.8) is 0 Å². The molecule has 0 radical (unpaired) electrons. The molecule has 0 unspecified atom stereocenters. The van der Waals surface area contributed by atoms with Crippen molar-refractivity contribution in [1.29, 1.82) is 0 Å². The molecule has 3 rings (SSSR count). The predicted molar refractivity (Wildman–Crippen MR) is 95.2 cm³/mol. The molecule has 0 saturated carbocycles. The number of rotatable bonds is 1. The molecule has 0 heterocycles. The summed E-state index contributed by atoms with van der Waals surface area (Å²) in [4.78, 5) is 2.07. The third-order valence-electron chi connectivity index (χ3n) is 3.66. The van der Waals surface area contributed by atoms with E-state index in [-0.39, 0.29) is 0 Å². The molecule has 0 amide bonds. The second kappa shape index (κ2) is 6.47. The fourth-order valence-electron chi connectivity index (χ4n) is 2.58. The van der Waals surface area contributed by atoms with E-state index in [1.54, 1.807) is 0 Å². The van der Waals surface area contributed by atoms with E-state index in [0.717, 1.165) is 6.54 Å². The molecule has 22 heavy (non-hydrogen) atoms. The van der Waals surface area contributed by atoms with Crippen LogP contribution in [0, 0.1) is 11.8 Å². The molecule has 1 aliphatic carbocycles. The molecule has 0 aromatic heterocycles. The molecule has 0 aliphatic heterocycles. The van der Waals surface area contributed by atoms with E-state index in [9.17, 15) is 0 Å². The number of fused-ring (bicyclic) bond motifs is 2. The molecule has 0 spiro atoms. The molecule has 2 aromatic carbocycles. The van der Waals surface area contributed by atoms with E-state index in [4.69, 9.17) is 0 Å². The van der Waals surface area contributed by atoms with Gasteiger partial charge in [0, 0.05) is 0 Å². The van der Waals surface area contributed by atoms with Crippen LogP contribution in [0.1, 0.15) is 22.3 Å². The summed E-state index contributed by atoms with van der Waals surface area (Å²) in [5.74, 6) is 6.41. The Morgan fingerprint density at radius 3 is 1.95 bits per heavy atom. The van der Waals surface area contributed by atoms with Crippen LogP contribution in [-0.2, 0) is 0 Å². The van der Waals surface area contributed by atoms with E-state index < -0.39 is 0 Å². The van der Waals surface area contributed by atoms with Gasteiger partial charge in [0.05, 0.1) is 6.54 Å². The number of hydrogen-bond acceptors (Lipinski definition) is 1. The molecule has 1 nitrogen and oxygen atoms in total. The van der Waals surface area contributed by atoms with Gasteiger partial charge in [-0.15, -0.1) is 0 Å². The van der Waals surface area contributed by atoms with Crippen LogP contribution in [0.15, 0.2) is 54.6 Å². The molecule has 0 fully saturated rings. The Kier molecular flexibility index (Phi) is 4.23. The van der Waals surface area contributed by atoms with E-state index in [1.165, 1.54) is 27.8 Å². The lowest BCUT2D eigenvalue weighted by Crippen LogP contribution is -2.10. The first-order chi connectivity index (χ1) is 10.8. The van der Waals surface area contributed by atoms with Crippen LogP contribution in [0.25, 0.3) is 17.7 Å². The van der Waals surface area contributed by atoms with E-state index in [2.05, 4.69) is 77.4 Å². The Morgan fingerprint density at radius 1 is 0.864 bits per heavy atom. The van der Waals surface area contributed by atoms with Gasteiger partial charge in [0.2, 0.25) is 0 Å². The number of allylic oxidation sites excluding steroid dienone is 1. The van der Waals surface area contributed by atoms with Gasteiger partial charge in [-0.3, -0.25) is 4.90 Å². The first-order valence-corrected chi connectivity index (χ1v) is 7.46. The summed E-state index contributed by atoms with van der Waals surface area (Å²) in [7, 11) is 4.06. The predicted octanol–water partition coefficient (Wildman–Crippen LogP) is 4.17. The average molecular weight is 285 g/mol. The number of nitrogens with zero attached hydrogens (tertiary/aromatic N) is 1. The molecule has 2 aromatic rings. The molecule has 1 heteroatoms. The van der Waals surface area contributed by atoms with Crippen molar-refractivity contribution >= 4 is 17.7 Å². The van der Waals surface area contributed by atoms with Crippen molar-refractivity contribution in [1.82, 2.24) is 4.90 Å². The third-order valence-corrected chi connectivity index (χ3v) is 3.66. The van der Waals surface area contributed by atoms with Crippen LogP contribution in [0.2, 0.25) is 0 Å². The lowest BCUT2D eigenvalue weighted by Gasteiger charge is -2.10. The monoisotopic (exact) mass is 285 g/mol. The maximum atomic E-state index is 3.21. The van der Waals surface area contributed by atoms with Crippen LogP contribution in [0.4, 0.5) is 0 Å². The van der Waals surface area contributed by atoms with Gasteiger partial charge in [-0.05, 0) is 48.0 Å². The Labute approximate surface area is 132 Å². The van der Waals surface area contributed by atoms with E-state index in [0.29, 0.717) is 0 Å². The van der Waals surface area contributed by atoms with Crippen LogP contribution < -0.4 is 0 Å². The quantitative estimate of drug-likeness (QED) is 0.607. The smallest absolute Gasteiger partial charge is 0.0600 e. The van der Waals surface area contributed by atoms with Crippen molar-refractivity contribution in [2.45, 2.75) is 0 Å². The SMILES string of the molecule is CN(C)CC#CC=C1c2ccccc2C=Cc2ccccc21. The first kappa shape index (κ1) is 14.4. The number of hydrogen-bond donors (Lipinski definition) is 0. The van der Waals surface area contributed by atoms with Gasteiger partial charge in [0.15, 0.2) is 0 Å². The molecule has 108 valence electrons. The molecule has 0 bridgehead atoms. The Morgan fingerprint density at radius 2 is 1.41 bits per heavy atom. The maximum absolute atomic E-state index is 3.21. The van der Waals surface area contributed by atoms with Gasteiger partial charge >= 0.3 is 0 Å². The van der Waals surface area contributed by atoms with Crippen molar-refractivity contribution in [2.75, 3.05) is 20.6 Å². The third kappa shape index (κ3) is 3.03. The average Bonchev–Trinajstić information content (AvgIpc) is 2.69. The minimum absolute atomic E-state index is 0.769. The maximum Gasteiger partial charge on any atom is 0.0600 e. The molecular formula is C21H19N. The molecule has 0 saturated heterocycles. The lowest BCUT2D eigenvalue weighted by atomic mass is 9.93. The minimum atomic E-state index is 0.769. The first-order valence-electron chi connectivity index (χ1n) is 7.46. The summed E-state index contributed by atoms with van der Waals surface area (Å²) in [6.07, 6.45) is 6.42. The summed E-state index contributed by atoms with van der Waals surface area (Å²) < 4.78 is 0. The van der Waals surface area contributed by atoms with Gasteiger partial charge in [0.1, 0.15) is 0 Å². The van der Waals surface area contributed by atoms with Crippen molar-refractivity contribution in [2.24, 2.45) is 0 Å². The molecule has 0 N–H and O–H groups in total. The van der Waals surface area contributed by atoms with Gasteiger partial charge in [0.25, 0.3) is 0 Å². The van der Waals surface area contributed by atoms with Crippen molar-refractivity contribution in [3.8, 4) is 11.8 Å². The minimum Gasteiger partial charge on any atom is -0.299 e. The highest BCUT2D eigenvalue weighted by Gasteiger charge is 2.13. The van der Waals surface area contributed by atoms with E-state index >= 15 is 0 Å². The second-order valence-corrected chi connectivity index (χ2v) is 5.62.